The standard InChI is InChI=1S/C9H24O3Si2/c1-4-11-13-7-8-14-12-6-5-10-9(2)3/h9H,4-8,13-14H2,1-3H3. The van der Waals surface area contributed by atoms with Gasteiger partial charge in [0.1, 0.15) is 0 Å². The first kappa shape index (κ1) is 14.3. The van der Waals surface area contributed by atoms with E-state index in [1.807, 2.05) is 13.8 Å². The minimum Gasteiger partial charge on any atom is -0.424 e. The summed E-state index contributed by atoms with van der Waals surface area (Å²) in [6.07, 6.45) is 0.325. The van der Waals surface area contributed by atoms with Gasteiger partial charge in [0, 0.05) is 6.61 Å². The maximum Gasteiger partial charge on any atom is 0.161 e. The van der Waals surface area contributed by atoms with Crippen molar-refractivity contribution < 1.29 is 13.6 Å². The van der Waals surface area contributed by atoms with Gasteiger partial charge in [0.05, 0.1) is 19.3 Å². The van der Waals surface area contributed by atoms with E-state index in [0.717, 1.165) is 19.8 Å². The first-order valence-corrected chi connectivity index (χ1v) is 8.70. The molecule has 86 valence electrons. The molecule has 0 saturated heterocycles. The topological polar surface area (TPSA) is 27.7 Å². The number of rotatable bonds is 10. The normalized spacial score (nSPS) is 12.9. The Hall–Kier alpha value is 0.314. The summed E-state index contributed by atoms with van der Waals surface area (Å²) in [5.41, 5.74) is 0. The van der Waals surface area contributed by atoms with E-state index in [9.17, 15) is 0 Å². The molecule has 0 heterocycles. The van der Waals surface area contributed by atoms with Crippen LogP contribution in [0.5, 0.6) is 0 Å². The van der Waals surface area contributed by atoms with Crippen LogP contribution in [0.25, 0.3) is 0 Å². The second-order valence-electron chi connectivity index (χ2n) is 3.44. The fourth-order valence-corrected chi connectivity index (χ4v) is 3.65. The van der Waals surface area contributed by atoms with Crippen LogP contribution >= 0.6 is 0 Å². The molecule has 0 rings (SSSR count). The Morgan fingerprint density at radius 3 is 2.21 bits per heavy atom. The van der Waals surface area contributed by atoms with Crippen LogP contribution in [0.2, 0.25) is 12.1 Å². The zero-order valence-corrected chi connectivity index (χ0v) is 12.6. The van der Waals surface area contributed by atoms with Gasteiger partial charge in [0.2, 0.25) is 0 Å². The first-order chi connectivity index (χ1) is 6.77. The van der Waals surface area contributed by atoms with Crippen molar-refractivity contribution in [2.24, 2.45) is 0 Å². The summed E-state index contributed by atoms with van der Waals surface area (Å²) in [6, 6.07) is 2.55. The number of hydrogen-bond acceptors (Lipinski definition) is 3. The molecule has 0 N–H and O–H groups in total. The van der Waals surface area contributed by atoms with Gasteiger partial charge < -0.3 is 13.6 Å². The molecular formula is C9H24O3Si2. The van der Waals surface area contributed by atoms with E-state index in [4.69, 9.17) is 13.6 Å². The Labute approximate surface area is 92.4 Å². The van der Waals surface area contributed by atoms with Crippen LogP contribution in [-0.4, -0.2) is 45.5 Å². The second kappa shape index (κ2) is 11.4. The Bertz CT molecular complexity index is 112. The monoisotopic (exact) mass is 236 g/mol. The smallest absolute Gasteiger partial charge is 0.161 e. The molecule has 3 nitrogen and oxygen atoms in total. The van der Waals surface area contributed by atoms with Gasteiger partial charge in [-0.3, -0.25) is 0 Å². The molecule has 14 heavy (non-hydrogen) atoms. The minimum atomic E-state index is -0.287. The fourth-order valence-electron chi connectivity index (χ4n) is 0.997. The zero-order valence-electron chi connectivity index (χ0n) is 9.75. The van der Waals surface area contributed by atoms with E-state index in [1.165, 1.54) is 12.1 Å². The molecule has 0 aliphatic heterocycles. The van der Waals surface area contributed by atoms with Gasteiger partial charge in [-0.05, 0) is 32.9 Å². The number of ether oxygens (including phenoxy) is 1. The Kier molecular flexibility index (Phi) is 11.6. The lowest BCUT2D eigenvalue weighted by atomic mass is 10.5. The van der Waals surface area contributed by atoms with Gasteiger partial charge in [0.25, 0.3) is 0 Å². The van der Waals surface area contributed by atoms with Crippen molar-refractivity contribution in [2.45, 2.75) is 39.0 Å². The van der Waals surface area contributed by atoms with Gasteiger partial charge in [-0.15, -0.1) is 0 Å². The highest BCUT2D eigenvalue weighted by atomic mass is 28.2. The quantitative estimate of drug-likeness (QED) is 0.408. The summed E-state index contributed by atoms with van der Waals surface area (Å²) in [5, 5.41) is 0. The van der Waals surface area contributed by atoms with E-state index in [1.54, 1.807) is 0 Å². The lowest BCUT2D eigenvalue weighted by Gasteiger charge is -2.07. The van der Waals surface area contributed by atoms with Crippen molar-refractivity contribution in [3.05, 3.63) is 0 Å². The zero-order chi connectivity index (χ0) is 10.6. The molecule has 0 aliphatic carbocycles. The van der Waals surface area contributed by atoms with Gasteiger partial charge in [-0.25, -0.2) is 0 Å². The van der Waals surface area contributed by atoms with Crippen LogP contribution < -0.4 is 0 Å². The van der Waals surface area contributed by atoms with E-state index in [2.05, 4.69) is 6.92 Å². The SMILES string of the molecule is CCO[SiH2]CC[SiH2]OCCOC(C)C. The first-order valence-electron chi connectivity index (χ1n) is 5.54. The summed E-state index contributed by atoms with van der Waals surface area (Å²) >= 11 is 0. The third kappa shape index (κ3) is 12.3. The molecule has 0 radical (unpaired) electrons. The Balaban J connectivity index is 2.85. The highest BCUT2D eigenvalue weighted by Gasteiger charge is 1.94. The fraction of sp³-hybridized carbons (Fsp3) is 1.00. The van der Waals surface area contributed by atoms with Crippen molar-refractivity contribution in [3.8, 4) is 0 Å². The van der Waals surface area contributed by atoms with E-state index < -0.39 is 0 Å². The highest BCUT2D eigenvalue weighted by Crippen LogP contribution is 1.91. The lowest BCUT2D eigenvalue weighted by Crippen LogP contribution is -2.11. The van der Waals surface area contributed by atoms with Gasteiger partial charge in [0.15, 0.2) is 19.5 Å². The third-order valence-electron chi connectivity index (χ3n) is 1.71. The maximum absolute atomic E-state index is 5.54. The molecule has 0 atom stereocenters. The van der Waals surface area contributed by atoms with Crippen molar-refractivity contribution in [1.29, 1.82) is 0 Å². The molecule has 0 fully saturated rings. The average Bonchev–Trinajstić information content (AvgIpc) is 2.15. The molecular weight excluding hydrogens is 212 g/mol. The molecule has 5 heteroatoms. The summed E-state index contributed by atoms with van der Waals surface area (Å²) < 4.78 is 16.3. The molecule has 0 aliphatic rings. The molecule has 0 aromatic carbocycles. The third-order valence-corrected chi connectivity index (χ3v) is 5.56. The second-order valence-corrected chi connectivity index (χ2v) is 6.48. The summed E-state index contributed by atoms with van der Waals surface area (Å²) in [6.45, 7) is 8.56. The highest BCUT2D eigenvalue weighted by molar-refractivity contribution is 6.34. The molecule has 0 saturated carbocycles. The number of hydrogen-bond donors (Lipinski definition) is 0. The van der Waals surface area contributed by atoms with Crippen LogP contribution in [0.1, 0.15) is 20.8 Å². The Morgan fingerprint density at radius 1 is 1.00 bits per heavy atom. The van der Waals surface area contributed by atoms with E-state index >= 15 is 0 Å². The van der Waals surface area contributed by atoms with E-state index in [0.29, 0.717) is 6.10 Å². The van der Waals surface area contributed by atoms with Crippen molar-refractivity contribution >= 4 is 19.5 Å². The van der Waals surface area contributed by atoms with Crippen LogP contribution in [0, 0.1) is 0 Å². The molecule has 0 unspecified atom stereocenters. The lowest BCUT2D eigenvalue weighted by molar-refractivity contribution is 0.0560. The largest absolute Gasteiger partial charge is 0.424 e. The average molecular weight is 236 g/mol. The minimum absolute atomic E-state index is 0.218. The summed E-state index contributed by atoms with van der Waals surface area (Å²) in [7, 11) is -0.504. The predicted molar refractivity (Wildman–Crippen MR) is 65.4 cm³/mol. The van der Waals surface area contributed by atoms with Crippen LogP contribution in [-0.2, 0) is 13.6 Å². The molecule has 0 aromatic rings. The maximum atomic E-state index is 5.54. The molecule has 0 bridgehead atoms. The van der Waals surface area contributed by atoms with Crippen LogP contribution in [0.4, 0.5) is 0 Å². The van der Waals surface area contributed by atoms with Crippen LogP contribution in [0.15, 0.2) is 0 Å². The van der Waals surface area contributed by atoms with Gasteiger partial charge in [-0.1, -0.05) is 0 Å². The summed E-state index contributed by atoms with van der Waals surface area (Å²) in [5.74, 6) is 0. The predicted octanol–water partition coefficient (Wildman–Crippen LogP) is 0.469. The summed E-state index contributed by atoms with van der Waals surface area (Å²) in [4.78, 5) is 0. The van der Waals surface area contributed by atoms with Crippen molar-refractivity contribution in [1.82, 2.24) is 0 Å². The molecule has 0 amide bonds. The van der Waals surface area contributed by atoms with Crippen LogP contribution in [0.3, 0.4) is 0 Å². The van der Waals surface area contributed by atoms with Crippen molar-refractivity contribution in [2.75, 3.05) is 19.8 Å². The van der Waals surface area contributed by atoms with E-state index in [-0.39, 0.29) is 19.5 Å². The van der Waals surface area contributed by atoms with Gasteiger partial charge in [-0.2, -0.15) is 0 Å². The molecule has 0 aromatic heterocycles. The van der Waals surface area contributed by atoms with Crippen molar-refractivity contribution in [3.63, 3.8) is 0 Å². The molecule has 0 spiro atoms. The van der Waals surface area contributed by atoms with Gasteiger partial charge >= 0.3 is 0 Å². The Morgan fingerprint density at radius 2 is 1.64 bits per heavy atom.